The molecule has 6 heteroatoms. The molecule has 37 heavy (non-hydrogen) atoms. The highest BCUT2D eigenvalue weighted by molar-refractivity contribution is 5.71. The molecule has 6 nitrogen and oxygen atoms in total. The summed E-state index contributed by atoms with van der Waals surface area (Å²) in [7, 11) is 1.43. The zero-order chi connectivity index (χ0) is 26.2. The summed E-state index contributed by atoms with van der Waals surface area (Å²) < 4.78 is 11.4. The van der Waals surface area contributed by atoms with Gasteiger partial charge in [0, 0.05) is 36.8 Å². The number of nitriles is 1. The van der Waals surface area contributed by atoms with Crippen molar-refractivity contribution in [2.45, 2.75) is 64.1 Å². The van der Waals surface area contributed by atoms with Crippen LogP contribution in [0.25, 0.3) is 0 Å². The van der Waals surface area contributed by atoms with Gasteiger partial charge in [0.05, 0.1) is 25.2 Å². The van der Waals surface area contributed by atoms with E-state index < -0.39 is 0 Å². The SMILES string of the molecule is COC(=O)CC(c1ccc2c(c1)C(N1Cc3cccnc3OC(C)(C)C1)CC2)c1ccc(C#N)cc1C. The molecule has 2 aromatic carbocycles. The minimum absolute atomic E-state index is 0.152. The normalized spacial score (nSPS) is 19.1. The van der Waals surface area contributed by atoms with Crippen LogP contribution in [0.2, 0.25) is 0 Å². The third kappa shape index (κ3) is 5.10. The van der Waals surface area contributed by atoms with Gasteiger partial charge in [0.1, 0.15) is 5.60 Å². The van der Waals surface area contributed by atoms with E-state index in [4.69, 9.17) is 9.47 Å². The molecule has 0 N–H and O–H groups in total. The van der Waals surface area contributed by atoms with Crippen LogP contribution >= 0.6 is 0 Å². The van der Waals surface area contributed by atoms with E-state index in [0.717, 1.165) is 54.1 Å². The van der Waals surface area contributed by atoms with Crippen molar-refractivity contribution in [3.8, 4) is 11.9 Å². The second-order valence-electron chi connectivity index (χ2n) is 10.8. The summed E-state index contributed by atoms with van der Waals surface area (Å²) in [5.74, 6) is 0.318. The molecule has 0 amide bonds. The number of carbonyl (C=O) groups excluding carboxylic acids is 1. The number of carbonyl (C=O) groups is 1. The van der Waals surface area contributed by atoms with Gasteiger partial charge in [0.25, 0.3) is 0 Å². The Hall–Kier alpha value is -3.69. The number of esters is 1. The Morgan fingerprint density at radius 2 is 2.08 bits per heavy atom. The number of methoxy groups -OCH3 is 1. The molecule has 3 aromatic rings. The maximum absolute atomic E-state index is 12.5. The van der Waals surface area contributed by atoms with Gasteiger partial charge in [-0.25, -0.2) is 4.98 Å². The predicted molar refractivity (Wildman–Crippen MR) is 141 cm³/mol. The molecular weight excluding hydrogens is 462 g/mol. The lowest BCUT2D eigenvalue weighted by Gasteiger charge is -2.34. The van der Waals surface area contributed by atoms with Gasteiger partial charge in [0.2, 0.25) is 5.88 Å². The highest BCUT2D eigenvalue weighted by Crippen LogP contribution is 2.42. The fraction of sp³-hybridized carbons (Fsp3) is 0.387. The van der Waals surface area contributed by atoms with Gasteiger partial charge in [0.15, 0.2) is 0 Å². The second kappa shape index (κ2) is 9.99. The average molecular weight is 496 g/mol. The standard InChI is InChI=1S/C31H33N3O3/c1-20-14-21(17-32)7-11-25(20)26(16-29(35)36-4)23-9-8-22-10-12-28(27(22)15-23)34-18-24-6-5-13-33-30(24)37-31(2,3)19-34/h5-9,11,13-15,26,28H,10,12,16,18-19H2,1-4H3. The van der Waals surface area contributed by atoms with Crippen LogP contribution in [0, 0.1) is 18.3 Å². The molecule has 2 unspecified atom stereocenters. The predicted octanol–water partition coefficient (Wildman–Crippen LogP) is 5.62. The lowest BCUT2D eigenvalue weighted by molar-refractivity contribution is -0.140. The molecule has 2 aliphatic rings. The Kier molecular flexibility index (Phi) is 6.74. The molecule has 0 fully saturated rings. The molecule has 0 spiro atoms. The maximum atomic E-state index is 12.5. The van der Waals surface area contributed by atoms with Crippen LogP contribution in [0.5, 0.6) is 5.88 Å². The molecule has 0 bridgehead atoms. The zero-order valence-corrected chi connectivity index (χ0v) is 22.0. The van der Waals surface area contributed by atoms with Crippen LogP contribution in [-0.2, 0) is 22.5 Å². The Balaban J connectivity index is 1.53. The first-order chi connectivity index (χ1) is 17.8. The van der Waals surface area contributed by atoms with Crippen molar-refractivity contribution in [1.82, 2.24) is 9.88 Å². The maximum Gasteiger partial charge on any atom is 0.306 e. The van der Waals surface area contributed by atoms with Crippen molar-refractivity contribution in [3.05, 3.63) is 93.7 Å². The minimum Gasteiger partial charge on any atom is -0.470 e. The van der Waals surface area contributed by atoms with E-state index in [0.29, 0.717) is 5.56 Å². The van der Waals surface area contributed by atoms with Crippen molar-refractivity contribution in [1.29, 1.82) is 5.26 Å². The van der Waals surface area contributed by atoms with Crippen molar-refractivity contribution < 1.29 is 14.3 Å². The summed E-state index contributed by atoms with van der Waals surface area (Å²) in [5, 5.41) is 9.33. The van der Waals surface area contributed by atoms with E-state index in [2.05, 4.69) is 54.1 Å². The summed E-state index contributed by atoms with van der Waals surface area (Å²) in [4.78, 5) is 19.5. The zero-order valence-electron chi connectivity index (χ0n) is 22.0. The monoisotopic (exact) mass is 495 g/mol. The first-order valence-corrected chi connectivity index (χ1v) is 12.8. The molecule has 0 radical (unpaired) electrons. The number of pyridine rings is 1. The van der Waals surface area contributed by atoms with Crippen LogP contribution in [-0.4, -0.2) is 35.1 Å². The molecule has 1 aliphatic heterocycles. The molecule has 1 aromatic heterocycles. The molecular formula is C31H33N3O3. The van der Waals surface area contributed by atoms with Gasteiger partial charge in [-0.3, -0.25) is 9.69 Å². The number of aromatic nitrogens is 1. The number of hydrogen-bond acceptors (Lipinski definition) is 6. The number of rotatable bonds is 5. The lowest BCUT2D eigenvalue weighted by atomic mass is 9.84. The Morgan fingerprint density at radius 3 is 2.84 bits per heavy atom. The number of aryl methyl sites for hydroxylation is 2. The highest BCUT2D eigenvalue weighted by atomic mass is 16.5. The van der Waals surface area contributed by atoms with Crippen molar-refractivity contribution in [2.75, 3.05) is 13.7 Å². The molecule has 0 saturated carbocycles. The van der Waals surface area contributed by atoms with Crippen molar-refractivity contribution in [3.63, 3.8) is 0 Å². The number of ether oxygens (including phenoxy) is 2. The van der Waals surface area contributed by atoms with E-state index in [1.165, 1.54) is 18.2 Å². The van der Waals surface area contributed by atoms with Gasteiger partial charge in [-0.15, -0.1) is 0 Å². The van der Waals surface area contributed by atoms with E-state index in [1.54, 1.807) is 6.20 Å². The first-order valence-electron chi connectivity index (χ1n) is 12.8. The summed E-state index contributed by atoms with van der Waals surface area (Å²) in [5.41, 5.74) is 7.17. The molecule has 5 rings (SSSR count). The van der Waals surface area contributed by atoms with Crippen LogP contribution in [0.1, 0.15) is 77.6 Å². The van der Waals surface area contributed by atoms with Crippen molar-refractivity contribution >= 4 is 5.97 Å². The van der Waals surface area contributed by atoms with Crippen LogP contribution < -0.4 is 4.74 Å². The summed E-state index contributed by atoms with van der Waals surface area (Å²) in [6.07, 6.45) is 4.10. The second-order valence-corrected chi connectivity index (χ2v) is 10.8. The Labute approximate surface area is 218 Å². The topological polar surface area (TPSA) is 75.4 Å². The van der Waals surface area contributed by atoms with Gasteiger partial charge in [-0.1, -0.05) is 30.3 Å². The largest absolute Gasteiger partial charge is 0.470 e. The Bertz CT molecular complexity index is 1370. The molecule has 0 saturated heterocycles. The summed E-state index contributed by atoms with van der Waals surface area (Å²) in [6.45, 7) is 7.81. The third-order valence-corrected chi connectivity index (χ3v) is 7.61. The molecule has 2 atom stereocenters. The quantitative estimate of drug-likeness (QED) is 0.428. The molecule has 190 valence electrons. The van der Waals surface area contributed by atoms with Crippen molar-refractivity contribution in [2.24, 2.45) is 0 Å². The fourth-order valence-corrected chi connectivity index (χ4v) is 5.90. The molecule has 2 heterocycles. The summed E-state index contributed by atoms with van der Waals surface area (Å²) in [6, 6.07) is 18.9. The lowest BCUT2D eigenvalue weighted by Crippen LogP contribution is -2.41. The van der Waals surface area contributed by atoms with E-state index in [1.807, 2.05) is 31.2 Å². The minimum atomic E-state index is -0.368. The number of nitrogens with zero attached hydrogens (tertiary/aromatic N) is 3. The number of fused-ring (bicyclic) bond motifs is 2. The highest BCUT2D eigenvalue weighted by Gasteiger charge is 2.36. The van der Waals surface area contributed by atoms with Crippen LogP contribution in [0.4, 0.5) is 0 Å². The van der Waals surface area contributed by atoms with E-state index >= 15 is 0 Å². The van der Waals surface area contributed by atoms with E-state index in [-0.39, 0.29) is 30.0 Å². The number of hydrogen-bond donors (Lipinski definition) is 0. The first kappa shape index (κ1) is 25.0. The van der Waals surface area contributed by atoms with Gasteiger partial charge >= 0.3 is 5.97 Å². The van der Waals surface area contributed by atoms with Gasteiger partial charge < -0.3 is 9.47 Å². The van der Waals surface area contributed by atoms with Crippen LogP contribution in [0.3, 0.4) is 0 Å². The number of benzene rings is 2. The Morgan fingerprint density at radius 1 is 1.24 bits per heavy atom. The van der Waals surface area contributed by atoms with Gasteiger partial charge in [-0.2, -0.15) is 5.26 Å². The fourth-order valence-electron chi connectivity index (χ4n) is 5.90. The van der Waals surface area contributed by atoms with Gasteiger partial charge in [-0.05, 0) is 79.6 Å². The third-order valence-electron chi connectivity index (χ3n) is 7.61. The summed E-state index contributed by atoms with van der Waals surface area (Å²) >= 11 is 0. The smallest absolute Gasteiger partial charge is 0.306 e. The average Bonchev–Trinajstić information content (AvgIpc) is 3.24. The van der Waals surface area contributed by atoms with E-state index in [9.17, 15) is 10.1 Å². The van der Waals surface area contributed by atoms with Crippen LogP contribution in [0.15, 0.2) is 54.7 Å². The molecule has 1 aliphatic carbocycles.